The summed E-state index contributed by atoms with van der Waals surface area (Å²) >= 11 is 0. The Morgan fingerprint density at radius 1 is 1.13 bits per heavy atom. The normalized spacial score (nSPS) is 16.0. The zero-order chi connectivity index (χ0) is 21.7. The third-order valence-corrected chi connectivity index (χ3v) is 6.41. The van der Waals surface area contributed by atoms with Crippen LogP contribution < -0.4 is 10.2 Å². The van der Waals surface area contributed by atoms with Gasteiger partial charge in [0.1, 0.15) is 17.6 Å². The molecule has 4 N–H and O–H groups in total. The van der Waals surface area contributed by atoms with Crippen molar-refractivity contribution in [3.63, 3.8) is 0 Å². The second-order valence-corrected chi connectivity index (χ2v) is 8.57. The highest BCUT2D eigenvalue weighted by Gasteiger charge is 2.30. The van der Waals surface area contributed by atoms with E-state index >= 15 is 0 Å². The zero-order valence-corrected chi connectivity index (χ0v) is 16.8. The van der Waals surface area contributed by atoms with E-state index in [-0.39, 0.29) is 31.1 Å². The van der Waals surface area contributed by atoms with Gasteiger partial charge in [-0.05, 0) is 53.8 Å². The fourth-order valence-electron chi connectivity index (χ4n) is 3.18. The molecule has 1 aliphatic rings. The van der Waals surface area contributed by atoms with Gasteiger partial charge in [-0.25, -0.2) is 9.87 Å². The largest absolute Gasteiger partial charge is 0.508 e. The van der Waals surface area contributed by atoms with Crippen molar-refractivity contribution in [1.82, 2.24) is 14.5 Å². The first-order valence-electron chi connectivity index (χ1n) is 9.23. The van der Waals surface area contributed by atoms with Crippen LogP contribution in [-0.4, -0.2) is 48.1 Å². The zero-order valence-electron chi connectivity index (χ0n) is 16.0. The molecule has 1 amide bonds. The van der Waals surface area contributed by atoms with Gasteiger partial charge in [0, 0.05) is 13.1 Å². The van der Waals surface area contributed by atoms with Crippen LogP contribution in [0.5, 0.6) is 5.75 Å². The Kier molecular flexibility index (Phi) is 6.83. The van der Waals surface area contributed by atoms with Crippen LogP contribution in [-0.2, 0) is 21.4 Å². The van der Waals surface area contributed by atoms with Crippen molar-refractivity contribution in [3.05, 3.63) is 71.6 Å². The molecule has 2 aromatic carbocycles. The molecule has 8 nitrogen and oxygen atoms in total. The molecule has 1 heterocycles. The van der Waals surface area contributed by atoms with E-state index in [1.807, 2.05) is 0 Å². The number of phenolic OH excluding ortho intramolecular Hbond substituents is 1. The fourth-order valence-corrected chi connectivity index (χ4v) is 4.48. The molecule has 30 heavy (non-hydrogen) atoms. The molecular formula is C20H22FN3O5S. The molecule has 1 atom stereocenters. The first kappa shape index (κ1) is 21.9. The maximum absolute atomic E-state index is 13.1. The van der Waals surface area contributed by atoms with Gasteiger partial charge in [-0.3, -0.25) is 10.0 Å². The Morgan fingerprint density at radius 2 is 1.80 bits per heavy atom. The second-order valence-electron chi connectivity index (χ2n) is 6.87. The molecule has 0 saturated carbocycles. The molecule has 0 radical (unpaired) electrons. The van der Waals surface area contributed by atoms with Gasteiger partial charge < -0.3 is 5.11 Å². The number of rotatable bonds is 7. The van der Waals surface area contributed by atoms with Crippen LogP contribution in [0.15, 0.2) is 54.6 Å². The molecule has 160 valence electrons. The Bertz CT molecular complexity index is 1020. The lowest BCUT2D eigenvalue weighted by Gasteiger charge is -2.28. The quantitative estimate of drug-likeness (QED) is 0.389. The van der Waals surface area contributed by atoms with Crippen molar-refractivity contribution in [3.8, 4) is 5.75 Å². The van der Waals surface area contributed by atoms with E-state index in [9.17, 15) is 22.7 Å². The minimum Gasteiger partial charge on any atom is -0.508 e. The molecule has 0 aromatic heterocycles. The van der Waals surface area contributed by atoms with Gasteiger partial charge in [-0.2, -0.15) is 17.4 Å². The predicted molar refractivity (Wildman–Crippen MR) is 108 cm³/mol. The highest BCUT2D eigenvalue weighted by Crippen LogP contribution is 2.23. The second kappa shape index (κ2) is 9.35. The number of aromatic hydroxyl groups is 1. The minimum atomic E-state index is -4.02. The average Bonchev–Trinajstić information content (AvgIpc) is 2.75. The molecule has 0 spiro atoms. The number of benzene rings is 2. The minimum absolute atomic E-state index is 0.0174. The van der Waals surface area contributed by atoms with Crippen LogP contribution in [0.25, 0.3) is 5.57 Å². The summed E-state index contributed by atoms with van der Waals surface area (Å²) in [5.41, 5.74) is 3.81. The molecule has 1 unspecified atom stereocenters. The Hall–Kier alpha value is -2.79. The van der Waals surface area contributed by atoms with Crippen molar-refractivity contribution in [1.29, 1.82) is 0 Å². The fraction of sp³-hybridized carbons (Fsp3) is 0.250. The van der Waals surface area contributed by atoms with Crippen molar-refractivity contribution in [2.75, 3.05) is 13.1 Å². The summed E-state index contributed by atoms with van der Waals surface area (Å²) in [5.74, 6) is -1.20. The maximum Gasteiger partial charge on any atom is 0.280 e. The number of carbonyl (C=O) groups is 1. The van der Waals surface area contributed by atoms with Crippen molar-refractivity contribution >= 4 is 21.7 Å². The van der Waals surface area contributed by atoms with E-state index in [0.29, 0.717) is 12.0 Å². The molecule has 3 rings (SSSR count). The molecule has 0 fully saturated rings. The number of hydrogen-bond donors (Lipinski definition) is 4. The number of halogens is 1. The molecule has 0 aliphatic carbocycles. The summed E-state index contributed by atoms with van der Waals surface area (Å²) < 4.78 is 42.2. The van der Waals surface area contributed by atoms with Gasteiger partial charge in [-0.1, -0.05) is 30.3 Å². The number of nitrogens with zero attached hydrogens (tertiary/aromatic N) is 1. The Morgan fingerprint density at radius 3 is 2.37 bits per heavy atom. The monoisotopic (exact) mass is 435 g/mol. The third-order valence-electron chi connectivity index (χ3n) is 4.82. The van der Waals surface area contributed by atoms with Crippen LogP contribution in [0.2, 0.25) is 0 Å². The molecular weight excluding hydrogens is 413 g/mol. The lowest BCUT2D eigenvalue weighted by Crippen LogP contribution is -2.52. The highest BCUT2D eigenvalue weighted by atomic mass is 32.2. The topological polar surface area (TPSA) is 119 Å². The number of nitrogens with one attached hydrogen (secondary N) is 2. The van der Waals surface area contributed by atoms with Crippen LogP contribution in [0, 0.1) is 5.82 Å². The standard InChI is InChI=1S/C20H22FN3O5S/c21-17-5-3-15(4-6-17)16-9-11-24(12-10-16)30(28,29)23-19(20(26)22-27)13-14-1-7-18(25)8-2-14/h1-9,19,23,25,27H,10-13H2,(H,22,26). The Balaban J connectivity index is 1.70. The molecule has 0 bridgehead atoms. The highest BCUT2D eigenvalue weighted by molar-refractivity contribution is 7.87. The summed E-state index contributed by atoms with van der Waals surface area (Å²) in [6.07, 6.45) is 2.16. The van der Waals surface area contributed by atoms with Gasteiger partial charge in [0.2, 0.25) is 0 Å². The number of hydrogen-bond acceptors (Lipinski definition) is 5. The van der Waals surface area contributed by atoms with E-state index in [1.165, 1.54) is 34.1 Å². The molecule has 0 saturated heterocycles. The van der Waals surface area contributed by atoms with E-state index in [2.05, 4.69) is 4.72 Å². The van der Waals surface area contributed by atoms with Crippen LogP contribution in [0.4, 0.5) is 4.39 Å². The van der Waals surface area contributed by atoms with Crippen LogP contribution in [0.3, 0.4) is 0 Å². The molecule has 2 aromatic rings. The smallest absolute Gasteiger partial charge is 0.280 e. The van der Waals surface area contributed by atoms with Gasteiger partial charge in [0.25, 0.3) is 16.1 Å². The van der Waals surface area contributed by atoms with E-state index in [1.54, 1.807) is 30.3 Å². The Labute approximate surface area is 173 Å². The van der Waals surface area contributed by atoms with Gasteiger partial charge >= 0.3 is 0 Å². The number of amides is 1. The van der Waals surface area contributed by atoms with Crippen molar-refractivity contribution in [2.45, 2.75) is 18.9 Å². The summed E-state index contributed by atoms with van der Waals surface area (Å²) in [5, 5.41) is 18.3. The van der Waals surface area contributed by atoms with E-state index in [0.717, 1.165) is 11.1 Å². The van der Waals surface area contributed by atoms with Crippen molar-refractivity contribution < 1.29 is 27.9 Å². The van der Waals surface area contributed by atoms with Crippen LogP contribution >= 0.6 is 0 Å². The summed E-state index contributed by atoms with van der Waals surface area (Å²) in [4.78, 5) is 12.0. The van der Waals surface area contributed by atoms with Gasteiger partial charge in [0.15, 0.2) is 0 Å². The summed E-state index contributed by atoms with van der Waals surface area (Å²) in [6, 6.07) is 10.7. The third kappa shape index (κ3) is 5.42. The van der Waals surface area contributed by atoms with Gasteiger partial charge in [-0.15, -0.1) is 0 Å². The first-order chi connectivity index (χ1) is 14.3. The number of phenols is 1. The van der Waals surface area contributed by atoms with E-state index < -0.39 is 22.2 Å². The van der Waals surface area contributed by atoms with Crippen molar-refractivity contribution in [2.24, 2.45) is 0 Å². The summed E-state index contributed by atoms with van der Waals surface area (Å²) in [6.45, 7) is 0.278. The summed E-state index contributed by atoms with van der Waals surface area (Å²) in [7, 11) is -4.02. The lowest BCUT2D eigenvalue weighted by atomic mass is 10.0. The molecule has 10 heteroatoms. The SMILES string of the molecule is O=C(NO)C(Cc1ccc(O)cc1)NS(=O)(=O)N1CC=C(c2ccc(F)cc2)CC1. The van der Waals surface area contributed by atoms with Crippen LogP contribution in [0.1, 0.15) is 17.5 Å². The number of carbonyl (C=O) groups excluding carboxylic acids is 1. The van der Waals surface area contributed by atoms with Gasteiger partial charge in [0.05, 0.1) is 0 Å². The average molecular weight is 435 g/mol. The number of hydroxylamine groups is 1. The predicted octanol–water partition coefficient (Wildman–Crippen LogP) is 1.57. The lowest BCUT2D eigenvalue weighted by molar-refractivity contribution is -0.130. The first-order valence-corrected chi connectivity index (χ1v) is 10.7. The maximum atomic E-state index is 13.1. The van der Waals surface area contributed by atoms with E-state index in [4.69, 9.17) is 5.21 Å². The molecule has 1 aliphatic heterocycles.